The molecule has 7 rings (SSSR count). The summed E-state index contributed by atoms with van der Waals surface area (Å²) in [5.41, 5.74) is 1.91. The van der Waals surface area contributed by atoms with Gasteiger partial charge in [0.1, 0.15) is 6.10 Å². The van der Waals surface area contributed by atoms with Gasteiger partial charge in [0.15, 0.2) is 5.78 Å². The summed E-state index contributed by atoms with van der Waals surface area (Å²) in [4.78, 5) is 53.1. The summed E-state index contributed by atoms with van der Waals surface area (Å²) < 4.78 is 6.18. The predicted octanol–water partition coefficient (Wildman–Crippen LogP) is 10.8. The number of hydrogen-bond acceptors (Lipinski definition) is 5. The predicted molar refractivity (Wildman–Crippen MR) is 220 cm³/mol. The molecule has 1 amide bonds. The first-order chi connectivity index (χ1) is 26.0. The van der Waals surface area contributed by atoms with Crippen molar-refractivity contribution in [2.75, 3.05) is 0 Å². The molecule has 8 heteroatoms. The highest BCUT2D eigenvalue weighted by Gasteiger charge is 2.70. The van der Waals surface area contributed by atoms with Gasteiger partial charge in [-0.05, 0) is 154 Å². The number of carbonyl (C=O) groups is 4. The standard InChI is InChI=1S/C48H66ClNO6/c1-28(2)38-33(51)26-47(25-29(3)40(53)50-48(22-23-48)30-12-11-13-31(49)24-30)21-20-45(9)32(39(38)47)14-15-35-44(8)18-17-36(56-37(52)27-42(4,5)41(54)55)43(6,7)34(44)16-19-46(35,45)10/h11-13,24-25,28,32,34-36H,14-23,26-27H2,1-10H3,(H,50,53)(H,54,55)/b29-25+/t32?,34-,35+,36?,44?,45+,46+,47+/m0/s1. The van der Waals surface area contributed by atoms with Gasteiger partial charge in [0.2, 0.25) is 5.91 Å². The van der Waals surface area contributed by atoms with E-state index in [1.807, 2.05) is 31.2 Å². The van der Waals surface area contributed by atoms with Crippen LogP contribution >= 0.6 is 11.6 Å². The number of hydrogen-bond donors (Lipinski definition) is 2. The van der Waals surface area contributed by atoms with Crippen LogP contribution in [-0.2, 0) is 29.5 Å². The lowest BCUT2D eigenvalue weighted by Crippen LogP contribution is -2.65. The molecule has 3 unspecified atom stereocenters. The van der Waals surface area contributed by atoms with Gasteiger partial charge in [-0.25, -0.2) is 0 Å². The minimum absolute atomic E-state index is 0.0159. The fourth-order valence-corrected chi connectivity index (χ4v) is 14.0. The zero-order chi connectivity index (χ0) is 41.0. The number of carbonyl (C=O) groups excluding carboxylic acids is 3. The van der Waals surface area contributed by atoms with Gasteiger partial charge >= 0.3 is 11.9 Å². The summed E-state index contributed by atoms with van der Waals surface area (Å²) in [7, 11) is 0. The number of carboxylic acids is 1. The maximum absolute atomic E-state index is 14.2. The number of esters is 1. The second-order valence-corrected chi connectivity index (χ2v) is 21.9. The molecule has 0 radical (unpaired) electrons. The number of ketones is 1. The molecule has 56 heavy (non-hydrogen) atoms. The Labute approximate surface area is 340 Å². The molecule has 306 valence electrons. The zero-order valence-corrected chi connectivity index (χ0v) is 36.4. The number of aliphatic carboxylic acids is 1. The Kier molecular flexibility index (Phi) is 9.99. The highest BCUT2D eigenvalue weighted by Crippen LogP contribution is 2.77. The van der Waals surface area contributed by atoms with Crippen LogP contribution in [0.25, 0.3) is 0 Å². The van der Waals surface area contributed by atoms with Crippen LogP contribution in [0.5, 0.6) is 0 Å². The van der Waals surface area contributed by atoms with Crippen molar-refractivity contribution in [2.24, 2.45) is 56.2 Å². The van der Waals surface area contributed by atoms with Crippen LogP contribution in [0, 0.1) is 56.2 Å². The Morgan fingerprint density at radius 3 is 2.27 bits per heavy atom. The number of fused-ring (bicyclic) bond motifs is 7. The molecular formula is C48H66ClNO6. The number of Topliss-reactive ketones (excluding diaryl/α,β-unsaturated/α-hetero) is 1. The fourth-order valence-electron chi connectivity index (χ4n) is 13.8. The highest BCUT2D eigenvalue weighted by atomic mass is 35.5. The van der Waals surface area contributed by atoms with Crippen molar-refractivity contribution in [3.63, 3.8) is 0 Å². The Hall–Kier alpha value is -2.93. The summed E-state index contributed by atoms with van der Waals surface area (Å²) in [6, 6.07) is 7.80. The van der Waals surface area contributed by atoms with E-state index in [4.69, 9.17) is 16.3 Å². The Bertz CT molecular complexity index is 1900. The largest absolute Gasteiger partial charge is 0.481 e. The molecule has 0 spiro atoms. The van der Waals surface area contributed by atoms with Crippen molar-refractivity contribution >= 4 is 35.2 Å². The SMILES string of the molecule is C/C(=C\[C@@]12CC[C@]3(C)C(CC[C@@H]4C5(C)CCC(OC(=O)CC(C)(C)C(=O)O)C(C)(C)[C@@H]5CC[C@]43C)C1=C(C(C)C)C(=O)C2)C(=O)NC1(c2cccc(Cl)c2)CC1. The third kappa shape index (κ3) is 6.25. The summed E-state index contributed by atoms with van der Waals surface area (Å²) in [5.74, 6) is -0.0103. The monoisotopic (exact) mass is 787 g/mol. The maximum atomic E-state index is 14.2. The molecule has 5 fully saturated rings. The second-order valence-electron chi connectivity index (χ2n) is 21.4. The van der Waals surface area contributed by atoms with Crippen LogP contribution in [0.3, 0.4) is 0 Å². The normalized spacial score (nSPS) is 37.2. The first kappa shape index (κ1) is 41.2. The van der Waals surface area contributed by atoms with E-state index in [2.05, 4.69) is 59.9 Å². The van der Waals surface area contributed by atoms with Crippen molar-refractivity contribution in [1.29, 1.82) is 0 Å². The maximum Gasteiger partial charge on any atom is 0.309 e. The molecule has 2 N–H and O–H groups in total. The number of benzene rings is 1. The van der Waals surface area contributed by atoms with E-state index in [1.54, 1.807) is 13.8 Å². The smallest absolute Gasteiger partial charge is 0.309 e. The minimum Gasteiger partial charge on any atom is -0.481 e. The average molecular weight is 789 g/mol. The molecule has 0 aromatic heterocycles. The van der Waals surface area contributed by atoms with Crippen molar-refractivity contribution in [3.05, 3.63) is 57.6 Å². The quantitative estimate of drug-likeness (QED) is 0.190. The van der Waals surface area contributed by atoms with Crippen LogP contribution in [0.2, 0.25) is 5.02 Å². The van der Waals surface area contributed by atoms with Gasteiger partial charge in [-0.1, -0.05) is 78.3 Å². The number of ether oxygens (including phenoxy) is 1. The molecule has 8 atom stereocenters. The average Bonchev–Trinajstić information content (AvgIpc) is 3.81. The van der Waals surface area contributed by atoms with Gasteiger partial charge in [-0.2, -0.15) is 0 Å². The Morgan fingerprint density at radius 2 is 1.64 bits per heavy atom. The van der Waals surface area contributed by atoms with Crippen molar-refractivity contribution in [3.8, 4) is 0 Å². The van der Waals surface area contributed by atoms with Crippen molar-refractivity contribution in [1.82, 2.24) is 5.32 Å². The number of nitrogens with one attached hydrogen (secondary N) is 1. The second kappa shape index (κ2) is 13.6. The van der Waals surface area contributed by atoms with Gasteiger partial charge < -0.3 is 15.2 Å². The summed E-state index contributed by atoms with van der Waals surface area (Å²) in [5, 5.41) is 13.7. The van der Waals surface area contributed by atoms with Gasteiger partial charge in [0.05, 0.1) is 17.4 Å². The third-order valence-electron chi connectivity index (χ3n) is 17.2. The van der Waals surface area contributed by atoms with E-state index in [1.165, 1.54) is 5.57 Å². The number of halogens is 1. The minimum atomic E-state index is -1.17. The summed E-state index contributed by atoms with van der Waals surface area (Å²) in [6.45, 7) is 21.6. The van der Waals surface area contributed by atoms with Crippen LogP contribution < -0.4 is 5.32 Å². The van der Waals surface area contributed by atoms with Gasteiger partial charge in [0.25, 0.3) is 0 Å². The molecule has 6 aliphatic rings. The molecular weight excluding hydrogens is 722 g/mol. The summed E-state index contributed by atoms with van der Waals surface area (Å²) in [6.07, 6.45) is 11.9. The molecule has 0 saturated heterocycles. The van der Waals surface area contributed by atoms with E-state index in [9.17, 15) is 24.3 Å². The Morgan fingerprint density at radius 1 is 0.946 bits per heavy atom. The van der Waals surface area contributed by atoms with E-state index < -0.39 is 22.8 Å². The molecule has 1 aromatic carbocycles. The fraction of sp³-hybridized carbons (Fsp3) is 0.708. The van der Waals surface area contributed by atoms with E-state index in [-0.39, 0.29) is 63.2 Å². The molecule has 0 heterocycles. The van der Waals surface area contributed by atoms with E-state index in [0.29, 0.717) is 28.9 Å². The molecule has 6 aliphatic carbocycles. The van der Waals surface area contributed by atoms with Gasteiger partial charge in [0, 0.05) is 27.8 Å². The van der Waals surface area contributed by atoms with Crippen LogP contribution in [0.15, 0.2) is 47.1 Å². The molecule has 5 saturated carbocycles. The first-order valence-corrected chi connectivity index (χ1v) is 21.8. The van der Waals surface area contributed by atoms with E-state index in [0.717, 1.165) is 75.3 Å². The van der Waals surface area contributed by atoms with E-state index >= 15 is 0 Å². The van der Waals surface area contributed by atoms with Gasteiger partial charge in [-0.3, -0.25) is 19.2 Å². The number of amides is 1. The highest BCUT2D eigenvalue weighted by molar-refractivity contribution is 6.30. The van der Waals surface area contributed by atoms with Crippen LogP contribution in [0.1, 0.15) is 152 Å². The summed E-state index contributed by atoms with van der Waals surface area (Å²) >= 11 is 6.35. The topological polar surface area (TPSA) is 110 Å². The number of rotatable bonds is 9. The molecule has 7 nitrogen and oxygen atoms in total. The molecule has 1 aromatic rings. The lowest BCUT2D eigenvalue weighted by molar-refractivity contribution is -0.232. The number of carboxylic acid groups (broad SMARTS) is 1. The number of allylic oxidation sites excluding steroid dienone is 3. The Balaban J connectivity index is 1.17. The first-order valence-electron chi connectivity index (χ1n) is 21.5. The van der Waals surface area contributed by atoms with Crippen LogP contribution in [-0.4, -0.2) is 34.8 Å². The lowest BCUT2D eigenvalue weighted by Gasteiger charge is -2.72. The van der Waals surface area contributed by atoms with Gasteiger partial charge in [-0.15, -0.1) is 0 Å². The van der Waals surface area contributed by atoms with Crippen LogP contribution in [0.4, 0.5) is 0 Å². The molecule has 0 bridgehead atoms. The molecule has 0 aliphatic heterocycles. The van der Waals surface area contributed by atoms with Crippen molar-refractivity contribution < 1.29 is 29.0 Å². The van der Waals surface area contributed by atoms with Crippen molar-refractivity contribution in [2.45, 2.75) is 158 Å². The lowest BCUT2D eigenvalue weighted by atomic mass is 9.33. The third-order valence-corrected chi connectivity index (χ3v) is 17.4. The zero-order valence-electron chi connectivity index (χ0n) is 35.6.